The minimum absolute atomic E-state index is 0.709. The van der Waals surface area contributed by atoms with Crippen LogP contribution in [0.1, 0.15) is 0 Å². The second kappa shape index (κ2) is 4.45. The second-order valence-electron chi connectivity index (χ2n) is 3.84. The summed E-state index contributed by atoms with van der Waals surface area (Å²) in [6.45, 7) is 0. The summed E-state index contributed by atoms with van der Waals surface area (Å²) in [6.07, 6.45) is 1.63. The highest BCUT2D eigenvalue weighted by molar-refractivity contribution is 5.68. The molecule has 2 heterocycles. The van der Waals surface area contributed by atoms with Crippen LogP contribution in [0.4, 0.5) is 0 Å². The van der Waals surface area contributed by atoms with Crippen molar-refractivity contribution in [2.75, 3.05) is 7.11 Å². The molecule has 0 saturated carbocycles. The van der Waals surface area contributed by atoms with Gasteiger partial charge in [-0.25, -0.2) is 0 Å². The summed E-state index contributed by atoms with van der Waals surface area (Å²) >= 11 is 0. The van der Waals surface area contributed by atoms with Crippen LogP contribution < -0.4 is 4.74 Å². The fraction of sp³-hybridized carbons (Fsp3) is 0.0667. The Kier molecular flexibility index (Phi) is 2.65. The topological polar surface area (TPSA) is 35.5 Å². The molecule has 0 aliphatic rings. The number of rotatable bonds is 3. The Morgan fingerprint density at radius 2 is 1.67 bits per heavy atom. The number of ether oxygens (including phenoxy) is 1. The second-order valence-corrected chi connectivity index (χ2v) is 3.84. The van der Waals surface area contributed by atoms with Crippen molar-refractivity contribution in [3.8, 4) is 28.6 Å². The highest BCUT2D eigenvalue weighted by Crippen LogP contribution is 2.33. The van der Waals surface area contributed by atoms with Crippen LogP contribution in [-0.2, 0) is 0 Å². The number of hydrogen-bond donors (Lipinski definition) is 0. The zero-order chi connectivity index (χ0) is 12.4. The molecular formula is C15H12O3. The van der Waals surface area contributed by atoms with Gasteiger partial charge in [0.25, 0.3) is 0 Å². The van der Waals surface area contributed by atoms with Gasteiger partial charge in [-0.05, 0) is 36.4 Å². The average molecular weight is 240 g/mol. The van der Waals surface area contributed by atoms with Crippen LogP contribution in [0.3, 0.4) is 0 Å². The van der Waals surface area contributed by atoms with E-state index in [9.17, 15) is 0 Å². The van der Waals surface area contributed by atoms with Crippen molar-refractivity contribution in [1.82, 2.24) is 0 Å². The first-order chi connectivity index (χ1) is 8.88. The van der Waals surface area contributed by atoms with Gasteiger partial charge >= 0.3 is 0 Å². The van der Waals surface area contributed by atoms with E-state index in [1.807, 2.05) is 48.5 Å². The van der Waals surface area contributed by atoms with Gasteiger partial charge in [0.15, 0.2) is 11.5 Å². The number of furan rings is 2. The van der Waals surface area contributed by atoms with Crippen LogP contribution in [0.5, 0.6) is 5.75 Å². The van der Waals surface area contributed by atoms with E-state index in [4.69, 9.17) is 13.6 Å². The summed E-state index contributed by atoms with van der Waals surface area (Å²) in [6, 6.07) is 15.3. The number of benzene rings is 1. The number of hydrogen-bond acceptors (Lipinski definition) is 3. The molecule has 0 fully saturated rings. The lowest BCUT2D eigenvalue weighted by Crippen LogP contribution is -1.85. The standard InChI is InChI=1S/C15H12O3/c1-16-12-6-3-2-5-11(12)13-8-9-15(18-13)14-7-4-10-17-14/h2-10H,1H3. The zero-order valence-electron chi connectivity index (χ0n) is 9.92. The lowest BCUT2D eigenvalue weighted by Gasteiger charge is -2.04. The molecule has 0 amide bonds. The molecule has 0 saturated heterocycles. The van der Waals surface area contributed by atoms with Crippen LogP contribution in [0, 0.1) is 0 Å². The summed E-state index contributed by atoms with van der Waals surface area (Å²) < 4.78 is 16.4. The van der Waals surface area contributed by atoms with Crippen molar-refractivity contribution in [3.05, 3.63) is 54.8 Å². The molecule has 0 spiro atoms. The SMILES string of the molecule is COc1ccccc1-c1ccc(-c2ccco2)o1. The molecular weight excluding hydrogens is 228 g/mol. The maximum Gasteiger partial charge on any atom is 0.170 e. The first-order valence-corrected chi connectivity index (χ1v) is 5.65. The first-order valence-electron chi connectivity index (χ1n) is 5.65. The van der Waals surface area contributed by atoms with Gasteiger partial charge in [-0.15, -0.1) is 0 Å². The minimum atomic E-state index is 0.709. The van der Waals surface area contributed by atoms with Crippen molar-refractivity contribution in [1.29, 1.82) is 0 Å². The van der Waals surface area contributed by atoms with Crippen LogP contribution in [0.15, 0.2) is 63.6 Å². The Morgan fingerprint density at radius 3 is 2.44 bits per heavy atom. The molecule has 0 aliphatic carbocycles. The summed E-state index contributed by atoms with van der Waals surface area (Å²) in [5.74, 6) is 2.98. The van der Waals surface area contributed by atoms with Crippen molar-refractivity contribution in [3.63, 3.8) is 0 Å². The molecule has 18 heavy (non-hydrogen) atoms. The van der Waals surface area contributed by atoms with E-state index < -0.39 is 0 Å². The Morgan fingerprint density at radius 1 is 0.833 bits per heavy atom. The fourth-order valence-electron chi connectivity index (χ4n) is 1.88. The van der Waals surface area contributed by atoms with E-state index in [1.165, 1.54) is 0 Å². The van der Waals surface area contributed by atoms with Crippen LogP contribution >= 0.6 is 0 Å². The van der Waals surface area contributed by atoms with Crippen molar-refractivity contribution in [2.45, 2.75) is 0 Å². The lowest BCUT2D eigenvalue weighted by molar-refractivity contribution is 0.414. The first kappa shape index (κ1) is 10.7. The van der Waals surface area contributed by atoms with E-state index in [0.29, 0.717) is 5.76 Å². The van der Waals surface area contributed by atoms with E-state index in [2.05, 4.69) is 0 Å². The monoisotopic (exact) mass is 240 g/mol. The number of para-hydroxylation sites is 1. The highest BCUT2D eigenvalue weighted by atomic mass is 16.5. The van der Waals surface area contributed by atoms with Gasteiger partial charge in [0.1, 0.15) is 11.5 Å². The third-order valence-corrected chi connectivity index (χ3v) is 2.74. The van der Waals surface area contributed by atoms with Gasteiger partial charge in [0.2, 0.25) is 0 Å². The Hall–Kier alpha value is -2.42. The van der Waals surface area contributed by atoms with Crippen LogP contribution in [-0.4, -0.2) is 7.11 Å². The molecule has 3 heteroatoms. The van der Waals surface area contributed by atoms with Crippen LogP contribution in [0.2, 0.25) is 0 Å². The third-order valence-electron chi connectivity index (χ3n) is 2.74. The summed E-state index contributed by atoms with van der Waals surface area (Å²) in [5.41, 5.74) is 0.929. The fourth-order valence-corrected chi connectivity index (χ4v) is 1.88. The summed E-state index contributed by atoms with van der Waals surface area (Å²) in [4.78, 5) is 0. The Balaban J connectivity index is 2.03. The molecule has 90 valence electrons. The smallest absolute Gasteiger partial charge is 0.170 e. The largest absolute Gasteiger partial charge is 0.496 e. The summed E-state index contributed by atoms with van der Waals surface area (Å²) in [5, 5.41) is 0. The zero-order valence-corrected chi connectivity index (χ0v) is 9.92. The van der Waals surface area contributed by atoms with Crippen molar-refractivity contribution >= 4 is 0 Å². The molecule has 0 atom stereocenters. The van der Waals surface area contributed by atoms with Gasteiger partial charge in [-0.2, -0.15) is 0 Å². The molecule has 0 radical (unpaired) electrons. The maximum absolute atomic E-state index is 5.78. The molecule has 0 N–H and O–H groups in total. The molecule has 1 aromatic carbocycles. The Bertz CT molecular complexity index is 635. The molecule has 0 unspecified atom stereocenters. The molecule has 3 nitrogen and oxygen atoms in total. The van der Waals surface area contributed by atoms with Crippen molar-refractivity contribution < 1.29 is 13.6 Å². The van der Waals surface area contributed by atoms with Gasteiger partial charge in [0, 0.05) is 0 Å². The van der Waals surface area contributed by atoms with E-state index in [-0.39, 0.29) is 0 Å². The highest BCUT2D eigenvalue weighted by Gasteiger charge is 2.11. The third kappa shape index (κ3) is 1.80. The predicted molar refractivity (Wildman–Crippen MR) is 68.4 cm³/mol. The van der Waals surface area contributed by atoms with E-state index in [0.717, 1.165) is 22.8 Å². The van der Waals surface area contributed by atoms with Gasteiger partial charge in [0.05, 0.1) is 18.9 Å². The molecule has 0 bridgehead atoms. The molecule has 3 aromatic rings. The number of methoxy groups -OCH3 is 1. The van der Waals surface area contributed by atoms with Crippen LogP contribution in [0.25, 0.3) is 22.8 Å². The van der Waals surface area contributed by atoms with Crippen molar-refractivity contribution in [2.24, 2.45) is 0 Å². The molecule has 0 aliphatic heterocycles. The van der Waals surface area contributed by atoms with Gasteiger partial charge in [-0.3, -0.25) is 0 Å². The minimum Gasteiger partial charge on any atom is -0.496 e. The quantitative estimate of drug-likeness (QED) is 0.687. The van der Waals surface area contributed by atoms with Gasteiger partial charge in [-0.1, -0.05) is 12.1 Å². The average Bonchev–Trinajstić information content (AvgIpc) is 3.09. The molecule has 2 aromatic heterocycles. The van der Waals surface area contributed by atoms with E-state index in [1.54, 1.807) is 13.4 Å². The summed E-state index contributed by atoms with van der Waals surface area (Å²) in [7, 11) is 1.65. The Labute approximate surface area is 105 Å². The normalized spacial score (nSPS) is 10.5. The van der Waals surface area contributed by atoms with Gasteiger partial charge < -0.3 is 13.6 Å². The molecule has 3 rings (SSSR count). The lowest BCUT2D eigenvalue weighted by atomic mass is 10.1. The maximum atomic E-state index is 5.78. The predicted octanol–water partition coefficient (Wildman–Crippen LogP) is 4.22. The van der Waals surface area contributed by atoms with E-state index >= 15 is 0 Å².